The van der Waals surface area contributed by atoms with E-state index in [-0.39, 0.29) is 11.7 Å². The maximum absolute atomic E-state index is 12.4. The third-order valence-corrected chi connectivity index (χ3v) is 4.65. The number of ether oxygens (including phenoxy) is 1. The molecule has 1 aromatic carbocycles. The van der Waals surface area contributed by atoms with Crippen molar-refractivity contribution in [2.45, 2.75) is 24.5 Å². The van der Waals surface area contributed by atoms with Gasteiger partial charge < -0.3 is 19.8 Å². The number of carbonyl (C=O) groups is 3. The van der Waals surface area contributed by atoms with Crippen molar-refractivity contribution in [1.82, 2.24) is 10.6 Å². The van der Waals surface area contributed by atoms with Crippen molar-refractivity contribution in [2.24, 2.45) is 0 Å². The van der Waals surface area contributed by atoms with Gasteiger partial charge in [0.05, 0.1) is 24.1 Å². The summed E-state index contributed by atoms with van der Waals surface area (Å²) in [6, 6.07) is 10.3. The summed E-state index contributed by atoms with van der Waals surface area (Å²) < 4.78 is 10.4. The number of nitrogens with one attached hydrogen (secondary N) is 2. The summed E-state index contributed by atoms with van der Waals surface area (Å²) >= 11 is 1.21. The Labute approximate surface area is 167 Å². The highest BCUT2D eigenvalue weighted by Crippen LogP contribution is 2.23. The predicted octanol–water partition coefficient (Wildman–Crippen LogP) is 2.54. The molecule has 0 fully saturated rings. The molecule has 0 aliphatic carbocycles. The Morgan fingerprint density at radius 3 is 2.71 bits per heavy atom. The molecule has 2 amide bonds. The number of rotatable bonds is 10. The summed E-state index contributed by atoms with van der Waals surface area (Å²) in [6.07, 6.45) is 2.13. The molecule has 7 nitrogen and oxygen atoms in total. The maximum atomic E-state index is 12.4. The molecule has 2 aromatic rings. The smallest absolute Gasteiger partial charge is 0.340 e. The number of amides is 2. The first kappa shape index (κ1) is 21.3. The summed E-state index contributed by atoms with van der Waals surface area (Å²) in [5, 5.41) is 5.31. The van der Waals surface area contributed by atoms with Gasteiger partial charge in [0.25, 0.3) is 5.91 Å². The van der Waals surface area contributed by atoms with E-state index in [2.05, 4.69) is 17.2 Å². The lowest BCUT2D eigenvalue weighted by atomic mass is 10.2. The number of benzene rings is 1. The van der Waals surface area contributed by atoms with Crippen LogP contribution in [0.4, 0.5) is 0 Å². The van der Waals surface area contributed by atoms with Crippen molar-refractivity contribution >= 4 is 29.5 Å². The Hall–Kier alpha value is -3.00. The summed E-state index contributed by atoms with van der Waals surface area (Å²) in [5.41, 5.74) is 0.301. The molecule has 28 heavy (non-hydrogen) atoms. The lowest BCUT2D eigenvalue weighted by Crippen LogP contribution is -2.35. The van der Waals surface area contributed by atoms with Crippen molar-refractivity contribution in [1.29, 1.82) is 0 Å². The molecule has 2 N–H and O–H groups in total. The van der Waals surface area contributed by atoms with Crippen molar-refractivity contribution < 1.29 is 23.5 Å². The minimum atomic E-state index is -0.942. The molecule has 0 saturated heterocycles. The van der Waals surface area contributed by atoms with Gasteiger partial charge in [-0.3, -0.25) is 9.59 Å². The average Bonchev–Trinajstić information content (AvgIpc) is 3.22. The van der Waals surface area contributed by atoms with Crippen LogP contribution in [0.1, 0.15) is 23.0 Å². The van der Waals surface area contributed by atoms with Gasteiger partial charge in [-0.05, 0) is 31.2 Å². The van der Waals surface area contributed by atoms with E-state index < -0.39 is 18.0 Å². The Morgan fingerprint density at radius 2 is 2.00 bits per heavy atom. The summed E-state index contributed by atoms with van der Waals surface area (Å²) in [6.45, 7) is 5.60. The topological polar surface area (TPSA) is 97.6 Å². The predicted molar refractivity (Wildman–Crippen MR) is 106 cm³/mol. The van der Waals surface area contributed by atoms with Crippen LogP contribution in [0.5, 0.6) is 0 Å². The zero-order chi connectivity index (χ0) is 20.4. The van der Waals surface area contributed by atoms with Crippen LogP contribution in [0, 0.1) is 0 Å². The third-order valence-electron chi connectivity index (χ3n) is 3.58. The Kier molecular flexibility index (Phi) is 8.36. The van der Waals surface area contributed by atoms with E-state index in [1.165, 1.54) is 31.0 Å². The van der Waals surface area contributed by atoms with Crippen LogP contribution in [-0.4, -0.2) is 36.2 Å². The second kappa shape index (κ2) is 11.0. The van der Waals surface area contributed by atoms with Crippen LogP contribution in [0.25, 0.3) is 0 Å². The van der Waals surface area contributed by atoms with Gasteiger partial charge in [0, 0.05) is 11.4 Å². The summed E-state index contributed by atoms with van der Waals surface area (Å²) in [4.78, 5) is 36.9. The van der Waals surface area contributed by atoms with Gasteiger partial charge in [-0.25, -0.2) is 4.79 Å². The fraction of sp³-hybridized carbons (Fsp3) is 0.250. The Bertz CT molecular complexity index is 820. The number of carbonyl (C=O) groups excluding carboxylic acids is 3. The third kappa shape index (κ3) is 6.62. The van der Waals surface area contributed by atoms with Gasteiger partial charge in [-0.1, -0.05) is 18.2 Å². The minimum Gasteiger partial charge on any atom is -0.467 e. The number of thioether (sulfide) groups is 1. The van der Waals surface area contributed by atoms with Crippen molar-refractivity contribution in [3.63, 3.8) is 0 Å². The SMILES string of the molecule is C=CCNC(=O)[C@H](C)OC(=O)c1ccccc1SCC(=O)NCc1ccco1. The van der Waals surface area contributed by atoms with Gasteiger partial charge >= 0.3 is 5.97 Å². The Balaban J connectivity index is 1.90. The molecule has 1 heterocycles. The molecule has 0 saturated carbocycles. The van der Waals surface area contributed by atoms with E-state index >= 15 is 0 Å². The molecule has 2 rings (SSSR count). The molecule has 8 heteroatoms. The number of furan rings is 1. The molecule has 0 radical (unpaired) electrons. The molecule has 1 atom stereocenters. The highest BCUT2D eigenvalue weighted by molar-refractivity contribution is 8.00. The van der Waals surface area contributed by atoms with Gasteiger partial charge in [0.15, 0.2) is 6.10 Å². The van der Waals surface area contributed by atoms with Gasteiger partial charge in [0.1, 0.15) is 5.76 Å². The molecule has 0 unspecified atom stereocenters. The first-order valence-electron chi connectivity index (χ1n) is 8.61. The van der Waals surface area contributed by atoms with E-state index in [9.17, 15) is 14.4 Å². The molecular formula is C20H22N2O5S. The fourth-order valence-electron chi connectivity index (χ4n) is 2.15. The quantitative estimate of drug-likeness (QED) is 0.360. The van der Waals surface area contributed by atoms with Crippen molar-refractivity contribution in [3.8, 4) is 0 Å². The second-order valence-electron chi connectivity index (χ2n) is 5.72. The van der Waals surface area contributed by atoms with Crippen LogP contribution in [-0.2, 0) is 20.9 Å². The highest BCUT2D eigenvalue weighted by Gasteiger charge is 2.20. The molecule has 0 aliphatic heterocycles. The molecule has 0 bridgehead atoms. The number of hydrogen-bond acceptors (Lipinski definition) is 6. The highest BCUT2D eigenvalue weighted by atomic mass is 32.2. The van der Waals surface area contributed by atoms with Crippen LogP contribution < -0.4 is 10.6 Å². The standard InChI is InChI=1S/C20H22N2O5S/c1-3-10-21-19(24)14(2)27-20(25)16-8-4-5-9-17(16)28-13-18(23)22-12-15-7-6-11-26-15/h3-9,11,14H,1,10,12-13H2,2H3,(H,21,24)(H,22,23)/t14-/m0/s1. The number of esters is 1. The molecule has 148 valence electrons. The van der Waals surface area contributed by atoms with E-state index in [1.54, 1.807) is 36.4 Å². The van der Waals surface area contributed by atoms with Gasteiger partial charge in [-0.2, -0.15) is 0 Å². The van der Waals surface area contributed by atoms with Gasteiger partial charge in [0.2, 0.25) is 5.91 Å². The zero-order valence-electron chi connectivity index (χ0n) is 15.5. The molecular weight excluding hydrogens is 380 g/mol. The van der Waals surface area contributed by atoms with Crippen molar-refractivity contribution in [3.05, 3.63) is 66.6 Å². The van der Waals surface area contributed by atoms with E-state index in [4.69, 9.17) is 9.15 Å². The monoisotopic (exact) mass is 402 g/mol. The first-order chi connectivity index (χ1) is 13.5. The van der Waals surface area contributed by atoms with Crippen LogP contribution in [0.15, 0.2) is 64.6 Å². The zero-order valence-corrected chi connectivity index (χ0v) is 16.3. The lowest BCUT2D eigenvalue weighted by Gasteiger charge is -2.14. The normalized spacial score (nSPS) is 11.3. The van der Waals surface area contributed by atoms with Crippen LogP contribution in [0.3, 0.4) is 0 Å². The van der Waals surface area contributed by atoms with E-state index in [0.29, 0.717) is 29.3 Å². The lowest BCUT2D eigenvalue weighted by molar-refractivity contribution is -0.128. The van der Waals surface area contributed by atoms with Gasteiger partial charge in [-0.15, -0.1) is 18.3 Å². The largest absolute Gasteiger partial charge is 0.467 e. The average molecular weight is 402 g/mol. The van der Waals surface area contributed by atoms with Crippen LogP contribution in [0.2, 0.25) is 0 Å². The Morgan fingerprint density at radius 1 is 1.21 bits per heavy atom. The molecule has 0 aliphatic rings. The van der Waals surface area contributed by atoms with Crippen molar-refractivity contribution in [2.75, 3.05) is 12.3 Å². The second-order valence-corrected chi connectivity index (χ2v) is 6.74. The minimum absolute atomic E-state index is 0.125. The summed E-state index contributed by atoms with van der Waals surface area (Å²) in [7, 11) is 0. The van der Waals surface area contributed by atoms with E-state index in [0.717, 1.165) is 0 Å². The number of hydrogen-bond donors (Lipinski definition) is 2. The van der Waals surface area contributed by atoms with E-state index in [1.807, 2.05) is 0 Å². The van der Waals surface area contributed by atoms with Crippen LogP contribution >= 0.6 is 11.8 Å². The molecule has 0 spiro atoms. The first-order valence-corrected chi connectivity index (χ1v) is 9.60. The molecule has 1 aromatic heterocycles. The summed E-state index contributed by atoms with van der Waals surface area (Å²) in [5.74, 6) is -0.441. The fourth-order valence-corrected chi connectivity index (χ4v) is 3.02. The maximum Gasteiger partial charge on any atom is 0.340 e.